The first-order valence-corrected chi connectivity index (χ1v) is 9.49. The first kappa shape index (κ1) is 16.9. The summed E-state index contributed by atoms with van der Waals surface area (Å²) in [5.74, 6) is 0.209. The van der Waals surface area contributed by atoms with Crippen molar-refractivity contribution in [1.82, 2.24) is 15.2 Å². The van der Waals surface area contributed by atoms with Crippen LogP contribution in [-0.2, 0) is 16.1 Å². The van der Waals surface area contributed by atoms with Gasteiger partial charge in [0.15, 0.2) is 0 Å². The minimum Gasteiger partial charge on any atom is -0.378 e. The van der Waals surface area contributed by atoms with Gasteiger partial charge in [-0.05, 0) is 51.6 Å². The Hall–Kier alpha value is -0.980. The number of hydrogen-bond acceptors (Lipinski definition) is 5. The summed E-state index contributed by atoms with van der Waals surface area (Å²) < 4.78 is 5.56. The summed E-state index contributed by atoms with van der Waals surface area (Å²) in [7, 11) is 0. The van der Waals surface area contributed by atoms with Crippen molar-refractivity contribution in [2.75, 3.05) is 19.7 Å². The maximum absolute atomic E-state index is 12.8. The summed E-state index contributed by atoms with van der Waals surface area (Å²) in [5, 5.41) is 6.43. The Morgan fingerprint density at radius 3 is 2.96 bits per heavy atom. The number of hydrogen-bond donors (Lipinski definition) is 1. The number of nitrogens with one attached hydrogen (secondary N) is 1. The molecule has 1 aliphatic carbocycles. The van der Waals surface area contributed by atoms with E-state index in [1.54, 1.807) is 11.3 Å². The first-order chi connectivity index (χ1) is 11.1. The van der Waals surface area contributed by atoms with Crippen molar-refractivity contribution in [3.8, 4) is 0 Å². The molecule has 0 aromatic carbocycles. The molecule has 23 heavy (non-hydrogen) atoms. The Balaban J connectivity index is 1.63. The molecule has 0 radical (unpaired) electrons. The molecule has 0 bridgehead atoms. The van der Waals surface area contributed by atoms with E-state index in [-0.39, 0.29) is 12.0 Å². The van der Waals surface area contributed by atoms with E-state index < -0.39 is 0 Å². The monoisotopic (exact) mass is 337 g/mol. The molecular formula is C17H27N3O2S. The van der Waals surface area contributed by atoms with E-state index in [0.29, 0.717) is 31.0 Å². The van der Waals surface area contributed by atoms with Crippen LogP contribution in [0.15, 0.2) is 11.6 Å². The number of carbonyl (C=O) groups excluding carboxylic acids is 1. The van der Waals surface area contributed by atoms with E-state index in [1.165, 1.54) is 12.8 Å². The van der Waals surface area contributed by atoms with E-state index in [4.69, 9.17) is 4.74 Å². The van der Waals surface area contributed by atoms with Crippen LogP contribution < -0.4 is 5.32 Å². The van der Waals surface area contributed by atoms with Gasteiger partial charge < -0.3 is 15.0 Å². The molecule has 2 fully saturated rings. The number of rotatable bonds is 7. The van der Waals surface area contributed by atoms with E-state index in [9.17, 15) is 4.79 Å². The summed E-state index contributed by atoms with van der Waals surface area (Å²) in [5.41, 5.74) is 0.358. The minimum atomic E-state index is 0.173. The van der Waals surface area contributed by atoms with Crippen LogP contribution in [0.5, 0.6) is 0 Å². The van der Waals surface area contributed by atoms with Crippen molar-refractivity contribution in [3.05, 3.63) is 16.6 Å². The van der Waals surface area contributed by atoms with Gasteiger partial charge in [0.2, 0.25) is 5.91 Å². The second-order valence-electron chi connectivity index (χ2n) is 6.95. The van der Waals surface area contributed by atoms with Crippen LogP contribution in [0.25, 0.3) is 0 Å². The van der Waals surface area contributed by atoms with Crippen LogP contribution in [0.1, 0.15) is 44.5 Å². The molecule has 1 N–H and O–H groups in total. The van der Waals surface area contributed by atoms with Gasteiger partial charge in [-0.3, -0.25) is 4.79 Å². The zero-order chi connectivity index (χ0) is 16.3. The van der Waals surface area contributed by atoms with Gasteiger partial charge in [-0.15, -0.1) is 11.3 Å². The van der Waals surface area contributed by atoms with Gasteiger partial charge in [-0.2, -0.15) is 0 Å². The smallest absolute Gasteiger partial charge is 0.225 e. The molecular weight excluding hydrogens is 310 g/mol. The maximum atomic E-state index is 12.8. The molecule has 128 valence electrons. The Morgan fingerprint density at radius 1 is 1.52 bits per heavy atom. The van der Waals surface area contributed by atoms with Gasteiger partial charge in [0, 0.05) is 17.6 Å². The molecule has 5 nitrogen and oxygen atoms in total. The summed E-state index contributed by atoms with van der Waals surface area (Å²) in [6.45, 7) is 7.31. The van der Waals surface area contributed by atoms with Crippen molar-refractivity contribution in [1.29, 1.82) is 0 Å². The van der Waals surface area contributed by atoms with Crippen LogP contribution in [0.3, 0.4) is 0 Å². The fourth-order valence-electron chi connectivity index (χ4n) is 3.60. The minimum absolute atomic E-state index is 0.173. The van der Waals surface area contributed by atoms with Gasteiger partial charge >= 0.3 is 0 Å². The van der Waals surface area contributed by atoms with Crippen molar-refractivity contribution in [3.63, 3.8) is 0 Å². The topological polar surface area (TPSA) is 54.5 Å². The predicted molar refractivity (Wildman–Crippen MR) is 91.3 cm³/mol. The Bertz CT molecular complexity index is 512. The lowest BCUT2D eigenvalue weighted by Gasteiger charge is -2.29. The number of thiazole rings is 1. The molecule has 1 aliphatic heterocycles. The first-order valence-electron chi connectivity index (χ1n) is 8.61. The summed E-state index contributed by atoms with van der Waals surface area (Å²) in [6, 6.07) is 0.389. The highest BCUT2D eigenvalue weighted by Gasteiger charge is 2.57. The third-order valence-electron chi connectivity index (χ3n) is 5.00. The highest BCUT2D eigenvalue weighted by atomic mass is 32.1. The number of aromatic nitrogens is 1. The lowest BCUT2D eigenvalue weighted by molar-refractivity contribution is -0.134. The van der Waals surface area contributed by atoms with Crippen molar-refractivity contribution >= 4 is 17.2 Å². The number of amides is 1. The van der Waals surface area contributed by atoms with Crippen molar-refractivity contribution < 1.29 is 9.53 Å². The highest BCUT2D eigenvalue weighted by molar-refractivity contribution is 7.09. The lowest BCUT2D eigenvalue weighted by Crippen LogP contribution is -2.39. The molecule has 1 aromatic heterocycles. The lowest BCUT2D eigenvalue weighted by atomic mass is 9.93. The molecule has 6 heteroatoms. The second-order valence-corrected chi connectivity index (χ2v) is 7.93. The van der Waals surface area contributed by atoms with Gasteiger partial charge in [0.05, 0.1) is 25.7 Å². The molecule has 1 unspecified atom stereocenters. The zero-order valence-corrected chi connectivity index (χ0v) is 14.9. The zero-order valence-electron chi connectivity index (χ0n) is 14.1. The van der Waals surface area contributed by atoms with Crippen LogP contribution in [-0.4, -0.2) is 47.6 Å². The van der Waals surface area contributed by atoms with Crippen LogP contribution >= 0.6 is 11.3 Å². The van der Waals surface area contributed by atoms with Crippen LogP contribution in [0.2, 0.25) is 0 Å². The predicted octanol–water partition coefficient (Wildman–Crippen LogP) is 2.43. The average molecular weight is 337 g/mol. The average Bonchev–Trinajstić information content (AvgIpc) is 2.97. The molecule has 1 amide bonds. The van der Waals surface area contributed by atoms with Gasteiger partial charge in [0.1, 0.15) is 5.01 Å². The van der Waals surface area contributed by atoms with Crippen LogP contribution in [0.4, 0.5) is 0 Å². The Morgan fingerprint density at radius 2 is 2.30 bits per heavy atom. The SMILES string of the molecule is CC(C)OCCC(=O)N(Cc1nccs1)C1CC12CCNCC2. The molecule has 1 saturated heterocycles. The van der Waals surface area contributed by atoms with Crippen molar-refractivity contribution in [2.24, 2.45) is 5.41 Å². The fourth-order valence-corrected chi connectivity index (χ4v) is 4.22. The molecule has 1 aromatic rings. The normalized spacial score (nSPS) is 22.5. The largest absolute Gasteiger partial charge is 0.378 e. The third-order valence-corrected chi connectivity index (χ3v) is 5.76. The third kappa shape index (κ3) is 4.11. The van der Waals surface area contributed by atoms with Crippen LogP contribution in [0, 0.1) is 5.41 Å². The molecule has 3 rings (SSSR count). The fraction of sp³-hybridized carbons (Fsp3) is 0.765. The van der Waals surface area contributed by atoms with E-state index in [0.717, 1.165) is 24.5 Å². The molecule has 1 atom stereocenters. The quantitative estimate of drug-likeness (QED) is 0.830. The van der Waals surface area contributed by atoms with E-state index in [1.807, 2.05) is 25.4 Å². The van der Waals surface area contributed by atoms with Gasteiger partial charge in [-0.25, -0.2) is 4.98 Å². The summed E-state index contributed by atoms with van der Waals surface area (Å²) in [6.07, 6.45) is 5.97. The molecule has 2 aliphatic rings. The number of piperidine rings is 1. The number of nitrogens with zero attached hydrogens (tertiary/aromatic N) is 2. The summed E-state index contributed by atoms with van der Waals surface area (Å²) >= 11 is 1.63. The molecule has 2 heterocycles. The Kier molecular flexibility index (Phi) is 5.34. The highest BCUT2D eigenvalue weighted by Crippen LogP contribution is 2.56. The number of carbonyl (C=O) groups is 1. The van der Waals surface area contributed by atoms with Gasteiger partial charge in [-0.1, -0.05) is 0 Å². The van der Waals surface area contributed by atoms with E-state index >= 15 is 0 Å². The molecule has 1 saturated carbocycles. The summed E-state index contributed by atoms with van der Waals surface area (Å²) in [4.78, 5) is 19.2. The second kappa shape index (κ2) is 7.28. The van der Waals surface area contributed by atoms with Gasteiger partial charge in [0.25, 0.3) is 0 Å². The maximum Gasteiger partial charge on any atom is 0.225 e. The Labute approximate surface area is 142 Å². The number of ether oxygens (including phenoxy) is 1. The van der Waals surface area contributed by atoms with Crippen molar-refractivity contribution in [2.45, 2.75) is 58.2 Å². The standard InChI is InChI=1S/C17H27N3O2S/c1-13(2)22-9-3-16(21)20(12-15-19-8-10-23-15)14-11-17(14)4-6-18-7-5-17/h8,10,13-14,18H,3-7,9,11-12H2,1-2H3. The molecule has 1 spiro atoms. The van der Waals surface area contributed by atoms with E-state index in [2.05, 4.69) is 15.2 Å².